The molecule has 4 N–H and O–H groups in total. The van der Waals surface area contributed by atoms with Crippen LogP contribution in [0.15, 0.2) is 47.4 Å². The largest absolute Gasteiger partial charge is 0.468 e. The summed E-state index contributed by atoms with van der Waals surface area (Å²) >= 11 is 0. The number of methoxy groups -OCH3 is 1. The number of nitrogen functional groups attached to an aromatic ring is 1. The first-order valence-electron chi connectivity index (χ1n) is 10.3. The molecule has 186 valence electrons. The first kappa shape index (κ1) is 25.8. The molecular formula is C20H26FN4O8P. The highest BCUT2D eigenvalue weighted by Crippen LogP contribution is 2.48. The third-order valence-corrected chi connectivity index (χ3v) is 6.77. The van der Waals surface area contributed by atoms with Crippen LogP contribution in [0.3, 0.4) is 0 Å². The third-order valence-electron chi connectivity index (χ3n) is 5.00. The van der Waals surface area contributed by atoms with Crippen molar-refractivity contribution < 1.29 is 37.4 Å². The van der Waals surface area contributed by atoms with Gasteiger partial charge in [-0.2, -0.15) is 10.1 Å². The Morgan fingerprint density at radius 3 is 2.62 bits per heavy atom. The highest BCUT2D eigenvalue weighted by Gasteiger charge is 2.50. The van der Waals surface area contributed by atoms with Crippen LogP contribution in [0.25, 0.3) is 0 Å². The molecule has 3 unspecified atom stereocenters. The summed E-state index contributed by atoms with van der Waals surface area (Å²) in [5, 5.41) is 12.9. The van der Waals surface area contributed by atoms with Gasteiger partial charge in [0.15, 0.2) is 12.4 Å². The van der Waals surface area contributed by atoms with Crippen molar-refractivity contribution in [2.24, 2.45) is 0 Å². The third kappa shape index (κ3) is 5.80. The van der Waals surface area contributed by atoms with Crippen molar-refractivity contribution in [3.05, 3.63) is 53.1 Å². The highest BCUT2D eigenvalue weighted by atomic mass is 31.2. The van der Waals surface area contributed by atoms with Gasteiger partial charge in [0.1, 0.15) is 29.8 Å². The molecule has 0 bridgehead atoms. The number of rotatable bonds is 9. The minimum absolute atomic E-state index is 0.0618. The van der Waals surface area contributed by atoms with E-state index in [1.54, 1.807) is 18.2 Å². The van der Waals surface area contributed by atoms with Gasteiger partial charge in [0.05, 0.1) is 13.2 Å². The van der Waals surface area contributed by atoms with Crippen LogP contribution in [0.5, 0.6) is 5.75 Å². The van der Waals surface area contributed by atoms with Crippen LogP contribution in [-0.4, -0.2) is 58.3 Å². The number of nitrogens with two attached hydrogens (primary N) is 1. The Hall–Kier alpha value is -2.83. The normalized spacial score (nSPS) is 25.8. The number of aromatic nitrogens is 2. The molecule has 1 aromatic carbocycles. The van der Waals surface area contributed by atoms with Gasteiger partial charge in [-0.25, -0.2) is 13.8 Å². The van der Waals surface area contributed by atoms with E-state index < -0.39 is 56.2 Å². The van der Waals surface area contributed by atoms with Gasteiger partial charge in [-0.05, 0) is 32.0 Å². The second-order valence-electron chi connectivity index (χ2n) is 7.55. The number of aliphatic hydroxyl groups excluding tert-OH is 1. The maximum Gasteiger partial charge on any atom is 0.459 e. The standard InChI is InChI=1S/C20H26FN4O8P/c1-11(19(27)30-3)24-34(29,33-13-7-5-4-6-8-13)32-12(2)17-16(26)15(21)18(31-17)25-10-9-14(22)23-20(25)28/h4-12,15-18,26H,1-3H3,(H,24,29)(H2,22,23,28)/t11?,12?,15-,16-,17+,18+,34?/m0/s1. The van der Waals surface area contributed by atoms with E-state index in [0.717, 1.165) is 11.7 Å². The maximum absolute atomic E-state index is 14.9. The molecule has 2 heterocycles. The lowest BCUT2D eigenvalue weighted by atomic mass is 10.1. The van der Waals surface area contributed by atoms with Crippen molar-refractivity contribution in [1.29, 1.82) is 0 Å². The fraction of sp³-hybridized carbons (Fsp3) is 0.450. The molecule has 12 nitrogen and oxygen atoms in total. The number of carbonyl (C=O) groups is 1. The van der Waals surface area contributed by atoms with Gasteiger partial charge in [-0.15, -0.1) is 0 Å². The number of aliphatic hydroxyl groups is 1. The second-order valence-corrected chi connectivity index (χ2v) is 9.20. The molecule has 1 fully saturated rings. The number of hydrogen-bond donors (Lipinski definition) is 3. The van der Waals surface area contributed by atoms with Gasteiger partial charge in [-0.3, -0.25) is 13.9 Å². The molecule has 34 heavy (non-hydrogen) atoms. The molecule has 0 saturated carbocycles. The van der Waals surface area contributed by atoms with Crippen LogP contribution < -0.4 is 21.0 Å². The molecule has 0 amide bonds. The summed E-state index contributed by atoms with van der Waals surface area (Å²) < 4.78 is 50.5. The Morgan fingerprint density at radius 2 is 2.00 bits per heavy atom. The van der Waals surface area contributed by atoms with E-state index in [9.17, 15) is 23.7 Å². The molecule has 2 aromatic rings. The number of carbonyl (C=O) groups excluding carboxylic acids is 1. The Kier molecular flexibility index (Phi) is 8.05. The van der Waals surface area contributed by atoms with Crippen molar-refractivity contribution in [1.82, 2.24) is 14.6 Å². The Bertz CT molecular complexity index is 1100. The van der Waals surface area contributed by atoms with E-state index in [4.69, 9.17) is 19.5 Å². The summed E-state index contributed by atoms with van der Waals surface area (Å²) in [7, 11) is -3.13. The molecule has 1 aromatic heterocycles. The number of halogens is 1. The van der Waals surface area contributed by atoms with Crippen LogP contribution in [0.1, 0.15) is 20.1 Å². The lowest BCUT2D eigenvalue weighted by molar-refractivity contribution is -0.142. The van der Waals surface area contributed by atoms with Gasteiger partial charge in [-0.1, -0.05) is 18.2 Å². The number of alkyl halides is 1. The summed E-state index contributed by atoms with van der Waals surface area (Å²) in [4.78, 5) is 27.5. The number of para-hydroxylation sites is 1. The lowest BCUT2D eigenvalue weighted by Gasteiger charge is -2.28. The first-order valence-corrected chi connectivity index (χ1v) is 11.8. The first-order chi connectivity index (χ1) is 16.0. The zero-order valence-corrected chi connectivity index (χ0v) is 19.5. The minimum atomic E-state index is -4.29. The number of anilines is 1. The van der Waals surface area contributed by atoms with Gasteiger partial charge in [0.25, 0.3) is 0 Å². The van der Waals surface area contributed by atoms with E-state index in [0.29, 0.717) is 0 Å². The number of nitrogens with zero attached hydrogens (tertiary/aromatic N) is 2. The quantitative estimate of drug-likeness (QED) is 0.334. The summed E-state index contributed by atoms with van der Waals surface area (Å²) in [6, 6.07) is 8.18. The highest BCUT2D eigenvalue weighted by molar-refractivity contribution is 7.52. The van der Waals surface area contributed by atoms with E-state index in [1.807, 2.05) is 0 Å². The molecule has 0 radical (unpaired) electrons. The van der Waals surface area contributed by atoms with Crippen LogP contribution in [0.4, 0.5) is 10.2 Å². The van der Waals surface area contributed by atoms with Crippen molar-refractivity contribution in [3.63, 3.8) is 0 Å². The lowest BCUT2D eigenvalue weighted by Crippen LogP contribution is -2.40. The molecule has 0 spiro atoms. The van der Waals surface area contributed by atoms with E-state index in [1.165, 1.54) is 38.2 Å². The molecule has 0 aliphatic carbocycles. The van der Waals surface area contributed by atoms with E-state index >= 15 is 0 Å². The summed E-state index contributed by atoms with van der Waals surface area (Å²) in [6.07, 6.45) is -6.69. The van der Waals surface area contributed by atoms with Gasteiger partial charge in [0.2, 0.25) is 0 Å². The predicted octanol–water partition coefficient (Wildman–Crippen LogP) is 1.17. The smallest absolute Gasteiger partial charge is 0.459 e. The molecule has 1 aliphatic rings. The number of benzene rings is 1. The van der Waals surface area contributed by atoms with Crippen LogP contribution >= 0.6 is 7.75 Å². The van der Waals surface area contributed by atoms with Crippen LogP contribution in [0.2, 0.25) is 0 Å². The van der Waals surface area contributed by atoms with Crippen LogP contribution in [0, 0.1) is 0 Å². The second kappa shape index (κ2) is 10.6. The summed E-state index contributed by atoms with van der Waals surface area (Å²) in [5.74, 6) is -0.631. The zero-order chi connectivity index (χ0) is 25.0. The van der Waals surface area contributed by atoms with Gasteiger partial charge in [0, 0.05) is 6.20 Å². The molecule has 3 rings (SSSR count). The summed E-state index contributed by atoms with van der Waals surface area (Å²) in [6.45, 7) is 2.76. The Balaban J connectivity index is 1.82. The number of ether oxygens (including phenoxy) is 2. The maximum atomic E-state index is 14.9. The average molecular weight is 500 g/mol. The van der Waals surface area contributed by atoms with E-state index in [-0.39, 0.29) is 11.6 Å². The zero-order valence-electron chi connectivity index (χ0n) is 18.6. The number of nitrogens with one attached hydrogen (secondary N) is 1. The number of esters is 1. The number of hydrogen-bond acceptors (Lipinski definition) is 10. The van der Waals surface area contributed by atoms with Crippen molar-refractivity contribution in [3.8, 4) is 5.75 Å². The SMILES string of the molecule is COC(=O)C(C)NP(=O)(Oc1ccccc1)OC(C)[C@H]1O[C@@H](n2ccc(N)nc2=O)[C@@H](F)[C@@H]1O. The average Bonchev–Trinajstić information content (AvgIpc) is 3.08. The topological polar surface area (TPSA) is 164 Å². The Morgan fingerprint density at radius 1 is 1.32 bits per heavy atom. The fourth-order valence-corrected chi connectivity index (χ4v) is 5.03. The van der Waals surface area contributed by atoms with E-state index in [2.05, 4.69) is 14.8 Å². The van der Waals surface area contributed by atoms with Gasteiger partial charge < -0.3 is 24.8 Å². The molecule has 14 heteroatoms. The van der Waals surface area contributed by atoms with Gasteiger partial charge >= 0.3 is 19.4 Å². The molecule has 1 saturated heterocycles. The van der Waals surface area contributed by atoms with Crippen molar-refractivity contribution in [2.75, 3.05) is 12.8 Å². The minimum Gasteiger partial charge on any atom is -0.468 e. The summed E-state index contributed by atoms with van der Waals surface area (Å²) in [5.41, 5.74) is 4.58. The Labute approximate surface area is 194 Å². The van der Waals surface area contributed by atoms with Crippen LogP contribution in [-0.2, 0) is 23.4 Å². The van der Waals surface area contributed by atoms with Crippen molar-refractivity contribution >= 4 is 19.5 Å². The molecular weight excluding hydrogens is 474 g/mol. The molecule has 1 aliphatic heterocycles. The van der Waals surface area contributed by atoms with Crippen molar-refractivity contribution in [2.45, 2.75) is 50.6 Å². The predicted molar refractivity (Wildman–Crippen MR) is 118 cm³/mol. The fourth-order valence-electron chi connectivity index (χ4n) is 3.34. The monoisotopic (exact) mass is 500 g/mol. The molecule has 7 atom stereocenters.